The number of Topliss-reactive ketones (excluding diaryl/α,β-unsaturated/α-hetero) is 1. The lowest BCUT2D eigenvalue weighted by molar-refractivity contribution is -0.117. The summed E-state index contributed by atoms with van der Waals surface area (Å²) in [5, 5.41) is 12.6. The molecule has 0 aliphatic carbocycles. The third kappa shape index (κ3) is 3.78. The van der Waals surface area contributed by atoms with Gasteiger partial charge in [-0.25, -0.2) is 9.97 Å². The summed E-state index contributed by atoms with van der Waals surface area (Å²) in [7, 11) is 0. The van der Waals surface area contributed by atoms with Crippen LogP contribution in [0.5, 0.6) is 0 Å². The molecule has 1 atom stereocenters. The van der Waals surface area contributed by atoms with E-state index in [-0.39, 0.29) is 5.57 Å². The van der Waals surface area contributed by atoms with E-state index in [1.165, 1.54) is 27.6 Å². The fourth-order valence-corrected chi connectivity index (χ4v) is 6.44. The van der Waals surface area contributed by atoms with Gasteiger partial charge in [0.1, 0.15) is 0 Å². The Labute approximate surface area is 210 Å². The summed E-state index contributed by atoms with van der Waals surface area (Å²) in [6.07, 6.45) is 0. The Balaban J connectivity index is 1.70. The molecule has 10 heteroatoms. The Morgan fingerprint density at radius 3 is 2.64 bits per heavy atom. The second kappa shape index (κ2) is 8.32. The topological polar surface area (TPSA) is 83.4 Å². The zero-order valence-electron chi connectivity index (χ0n) is 17.3. The molecule has 1 amide bonds. The van der Waals surface area contributed by atoms with Crippen LogP contribution in [0.2, 0.25) is 5.02 Å². The van der Waals surface area contributed by atoms with E-state index in [9.17, 15) is 14.7 Å². The van der Waals surface area contributed by atoms with Crippen LogP contribution in [0.15, 0.2) is 58.3 Å². The Kier molecular flexibility index (Phi) is 5.60. The van der Waals surface area contributed by atoms with Gasteiger partial charge in [0.15, 0.2) is 10.9 Å². The lowest BCUT2D eigenvalue weighted by atomic mass is 9.95. The molecule has 6 nitrogen and oxygen atoms in total. The van der Waals surface area contributed by atoms with Gasteiger partial charge in [-0.2, -0.15) is 0 Å². The van der Waals surface area contributed by atoms with E-state index in [1.807, 2.05) is 31.2 Å². The van der Waals surface area contributed by atoms with Crippen LogP contribution >= 0.6 is 50.2 Å². The first-order valence-electron chi connectivity index (χ1n) is 9.81. The second-order valence-electron chi connectivity index (χ2n) is 7.48. The van der Waals surface area contributed by atoms with Gasteiger partial charge in [-0.15, -0.1) is 11.3 Å². The highest BCUT2D eigenvalue weighted by atomic mass is 79.9. The lowest BCUT2D eigenvalue weighted by Crippen LogP contribution is -2.31. The summed E-state index contributed by atoms with van der Waals surface area (Å²) in [4.78, 5) is 37.7. The predicted octanol–water partition coefficient (Wildman–Crippen LogP) is 6.57. The first-order chi connectivity index (χ1) is 15.7. The fourth-order valence-electron chi connectivity index (χ4n) is 3.88. The molecular formula is C23H15BrClN3O3S2. The van der Waals surface area contributed by atoms with E-state index in [4.69, 9.17) is 11.6 Å². The number of amides is 1. The van der Waals surface area contributed by atoms with Crippen LogP contribution in [0, 0.1) is 13.8 Å². The van der Waals surface area contributed by atoms with Gasteiger partial charge in [-0.1, -0.05) is 51.0 Å². The monoisotopic (exact) mass is 559 g/mol. The molecule has 166 valence electrons. The number of nitrogens with zero attached hydrogens (tertiary/aromatic N) is 3. The summed E-state index contributed by atoms with van der Waals surface area (Å²) >= 11 is 12.1. The summed E-state index contributed by atoms with van der Waals surface area (Å²) in [5.74, 6) is -1.67. The number of aliphatic hydroxyl groups is 1. The van der Waals surface area contributed by atoms with Crippen molar-refractivity contribution >= 4 is 77.2 Å². The summed E-state index contributed by atoms with van der Waals surface area (Å²) in [6, 6.07) is 11.7. The quantitative estimate of drug-likeness (QED) is 0.286. The minimum atomic E-state index is -0.847. The van der Waals surface area contributed by atoms with Crippen LogP contribution in [0.1, 0.15) is 32.0 Å². The van der Waals surface area contributed by atoms with E-state index in [0.29, 0.717) is 31.8 Å². The number of fused-ring (bicyclic) bond motifs is 1. The number of anilines is 1. The first kappa shape index (κ1) is 22.2. The van der Waals surface area contributed by atoms with E-state index in [1.54, 1.807) is 25.1 Å². The Morgan fingerprint density at radius 2 is 1.94 bits per heavy atom. The molecule has 0 saturated heterocycles. The molecule has 33 heavy (non-hydrogen) atoms. The van der Waals surface area contributed by atoms with Crippen molar-refractivity contribution in [2.24, 2.45) is 0 Å². The summed E-state index contributed by atoms with van der Waals surface area (Å²) in [5.41, 5.74) is 1.92. The normalized spacial score (nSPS) is 16.3. The van der Waals surface area contributed by atoms with E-state index < -0.39 is 23.5 Å². The van der Waals surface area contributed by atoms with Gasteiger partial charge < -0.3 is 5.11 Å². The van der Waals surface area contributed by atoms with Crippen LogP contribution in [0.3, 0.4) is 0 Å². The minimum absolute atomic E-state index is 0.0159. The smallest absolute Gasteiger partial charge is 0.296 e. The van der Waals surface area contributed by atoms with Crippen LogP contribution < -0.4 is 4.90 Å². The third-order valence-corrected chi connectivity index (χ3v) is 8.09. The zero-order valence-corrected chi connectivity index (χ0v) is 21.3. The standard InChI is InChI=1S/C23H15BrClN3O3S2/c1-10-21(32-11(2)26-10)19(29)17-18(12-4-3-5-13(24)8-12)28(22(31)20(17)30)23-27-15-7-6-14(25)9-16(15)33-23/h3-9,18,30H,1-2H3. The average molecular weight is 561 g/mol. The van der Waals surface area contributed by atoms with Crippen LogP contribution in [0.4, 0.5) is 5.13 Å². The second-order valence-corrected chi connectivity index (χ2v) is 11.0. The maximum Gasteiger partial charge on any atom is 0.296 e. The SMILES string of the molecule is Cc1nc(C)c(C(=O)C2=C(O)C(=O)N(c3nc4ccc(Cl)cc4s3)C2c2cccc(Br)c2)s1. The van der Waals surface area contributed by atoms with Gasteiger partial charge in [-0.05, 0) is 49.7 Å². The van der Waals surface area contributed by atoms with Crippen molar-refractivity contribution in [3.8, 4) is 0 Å². The Morgan fingerprint density at radius 1 is 1.15 bits per heavy atom. The van der Waals surface area contributed by atoms with Crippen LogP contribution in [0.25, 0.3) is 10.2 Å². The fraction of sp³-hybridized carbons (Fsp3) is 0.130. The highest BCUT2D eigenvalue weighted by molar-refractivity contribution is 9.10. The molecule has 3 heterocycles. The first-order valence-corrected chi connectivity index (χ1v) is 12.6. The molecule has 1 unspecified atom stereocenters. The summed E-state index contributed by atoms with van der Waals surface area (Å²) in [6.45, 7) is 3.56. The molecule has 4 aromatic rings. The van der Waals surface area contributed by atoms with E-state index in [0.717, 1.165) is 14.2 Å². The van der Waals surface area contributed by atoms with Gasteiger partial charge in [0.05, 0.1) is 37.4 Å². The van der Waals surface area contributed by atoms with Crippen molar-refractivity contribution in [2.75, 3.05) is 4.90 Å². The van der Waals surface area contributed by atoms with Gasteiger partial charge in [0, 0.05) is 9.50 Å². The minimum Gasteiger partial charge on any atom is -0.503 e. The number of carbonyl (C=O) groups excluding carboxylic acids is 2. The molecule has 1 aliphatic heterocycles. The molecule has 2 aromatic carbocycles. The molecule has 1 aliphatic rings. The van der Waals surface area contributed by atoms with Crippen LogP contribution in [-0.2, 0) is 4.79 Å². The molecule has 0 radical (unpaired) electrons. The largest absolute Gasteiger partial charge is 0.503 e. The lowest BCUT2D eigenvalue weighted by Gasteiger charge is -2.24. The summed E-state index contributed by atoms with van der Waals surface area (Å²) < 4.78 is 1.58. The predicted molar refractivity (Wildman–Crippen MR) is 135 cm³/mol. The zero-order chi connectivity index (χ0) is 23.4. The number of benzene rings is 2. The molecule has 0 saturated carbocycles. The van der Waals surface area contributed by atoms with E-state index >= 15 is 0 Å². The van der Waals surface area contributed by atoms with Gasteiger partial charge >= 0.3 is 0 Å². The molecule has 0 bridgehead atoms. The molecule has 1 N–H and O–H groups in total. The van der Waals surface area contributed by atoms with Crippen molar-refractivity contribution in [1.82, 2.24) is 9.97 Å². The van der Waals surface area contributed by atoms with E-state index in [2.05, 4.69) is 25.9 Å². The van der Waals surface area contributed by atoms with Crippen molar-refractivity contribution in [3.05, 3.63) is 84.4 Å². The van der Waals surface area contributed by atoms with Crippen molar-refractivity contribution in [1.29, 1.82) is 0 Å². The number of aliphatic hydroxyl groups excluding tert-OH is 1. The Hall–Kier alpha value is -2.59. The number of carbonyl (C=O) groups is 2. The van der Waals surface area contributed by atoms with Gasteiger partial charge in [0.25, 0.3) is 5.91 Å². The number of halogens is 2. The number of hydrogen-bond acceptors (Lipinski definition) is 7. The van der Waals surface area contributed by atoms with Crippen molar-refractivity contribution < 1.29 is 14.7 Å². The molecule has 0 fully saturated rings. The molecule has 5 rings (SSSR count). The number of hydrogen-bond donors (Lipinski definition) is 1. The number of rotatable bonds is 4. The van der Waals surface area contributed by atoms with Gasteiger partial charge in [-0.3, -0.25) is 14.5 Å². The number of aryl methyl sites for hydroxylation is 2. The third-order valence-electron chi connectivity index (χ3n) is 5.27. The number of ketones is 1. The van der Waals surface area contributed by atoms with Crippen molar-refractivity contribution in [3.63, 3.8) is 0 Å². The van der Waals surface area contributed by atoms with Gasteiger partial charge in [0.2, 0.25) is 5.78 Å². The Bertz CT molecular complexity index is 1490. The highest BCUT2D eigenvalue weighted by Crippen LogP contribution is 2.45. The number of thiazole rings is 2. The highest BCUT2D eigenvalue weighted by Gasteiger charge is 2.46. The van der Waals surface area contributed by atoms with Crippen LogP contribution in [-0.4, -0.2) is 26.8 Å². The maximum absolute atomic E-state index is 13.6. The number of aromatic nitrogens is 2. The molecular weight excluding hydrogens is 546 g/mol. The maximum atomic E-state index is 13.6. The average Bonchev–Trinajstić information content (AvgIpc) is 3.41. The van der Waals surface area contributed by atoms with Crippen molar-refractivity contribution in [2.45, 2.75) is 19.9 Å². The molecule has 0 spiro atoms. The molecule has 2 aromatic heterocycles.